The van der Waals surface area contributed by atoms with Crippen molar-refractivity contribution in [2.75, 3.05) is 13.6 Å². The van der Waals surface area contributed by atoms with Crippen molar-refractivity contribution in [3.63, 3.8) is 0 Å². The Morgan fingerprint density at radius 1 is 1.56 bits per heavy atom. The topological polar surface area (TPSA) is 66.6 Å². The van der Waals surface area contributed by atoms with Gasteiger partial charge >= 0.3 is 5.97 Å². The van der Waals surface area contributed by atoms with Gasteiger partial charge in [-0.1, -0.05) is 19.8 Å². The first kappa shape index (κ1) is 13.5. The molecule has 1 aliphatic rings. The molecule has 0 amide bonds. The highest BCUT2D eigenvalue weighted by Gasteiger charge is 2.34. The summed E-state index contributed by atoms with van der Waals surface area (Å²) in [6.45, 7) is 2.70. The molecule has 1 saturated carbocycles. The number of likely N-dealkylation sites (N-methyl/N-ethyl adjacent to an activating group) is 1. The minimum Gasteiger partial charge on any atom is -0.480 e. The van der Waals surface area contributed by atoms with Crippen LogP contribution in [0.2, 0.25) is 0 Å². The molecule has 94 valence electrons. The molecule has 3 atom stereocenters. The number of hydrogen-bond donors (Lipinski definition) is 2. The standard InChI is InChI=1S/C12H24N2O2/c1-3-5-11(12(15)16)14(2)10-7-4-6-9(10)8-13/h9-11H,3-8,13H2,1-2H3,(H,15,16). The van der Waals surface area contributed by atoms with Gasteiger partial charge in [0.2, 0.25) is 0 Å². The van der Waals surface area contributed by atoms with Crippen LogP contribution >= 0.6 is 0 Å². The molecule has 1 rings (SSSR count). The first-order valence-electron chi connectivity index (χ1n) is 6.26. The first-order valence-corrected chi connectivity index (χ1v) is 6.26. The molecular formula is C12H24N2O2. The molecule has 0 aromatic rings. The fourth-order valence-electron chi connectivity index (χ4n) is 2.83. The number of rotatable bonds is 6. The van der Waals surface area contributed by atoms with Crippen LogP contribution in [0.15, 0.2) is 0 Å². The molecular weight excluding hydrogens is 204 g/mol. The molecule has 0 heterocycles. The summed E-state index contributed by atoms with van der Waals surface area (Å²) in [4.78, 5) is 13.2. The van der Waals surface area contributed by atoms with Crippen LogP contribution in [0, 0.1) is 5.92 Å². The van der Waals surface area contributed by atoms with Crippen LogP contribution in [0.25, 0.3) is 0 Å². The molecule has 16 heavy (non-hydrogen) atoms. The van der Waals surface area contributed by atoms with Gasteiger partial charge in [-0.2, -0.15) is 0 Å². The fourth-order valence-corrected chi connectivity index (χ4v) is 2.83. The van der Waals surface area contributed by atoms with E-state index in [-0.39, 0.29) is 6.04 Å². The lowest BCUT2D eigenvalue weighted by Gasteiger charge is -2.33. The van der Waals surface area contributed by atoms with E-state index in [0.29, 0.717) is 18.5 Å². The second-order valence-corrected chi connectivity index (χ2v) is 4.80. The summed E-state index contributed by atoms with van der Waals surface area (Å²) in [6, 6.07) is 0.0137. The third-order valence-electron chi connectivity index (χ3n) is 3.78. The van der Waals surface area contributed by atoms with E-state index in [0.717, 1.165) is 25.7 Å². The molecule has 0 aromatic carbocycles. The highest BCUT2D eigenvalue weighted by Crippen LogP contribution is 2.30. The number of aliphatic carboxylic acids is 1. The zero-order valence-corrected chi connectivity index (χ0v) is 10.4. The predicted octanol–water partition coefficient (Wildman–Crippen LogP) is 1.30. The summed E-state index contributed by atoms with van der Waals surface area (Å²) in [7, 11) is 1.94. The van der Waals surface area contributed by atoms with Gasteiger partial charge in [0.05, 0.1) is 0 Å². The lowest BCUT2D eigenvalue weighted by molar-refractivity contribution is -0.144. The number of carboxylic acids is 1. The summed E-state index contributed by atoms with van der Waals surface area (Å²) in [6.07, 6.45) is 5.03. The number of carboxylic acid groups (broad SMARTS) is 1. The maximum absolute atomic E-state index is 11.2. The highest BCUT2D eigenvalue weighted by molar-refractivity contribution is 5.73. The lowest BCUT2D eigenvalue weighted by Crippen LogP contribution is -2.47. The summed E-state index contributed by atoms with van der Waals surface area (Å²) in [5.74, 6) is -0.226. The molecule has 4 heteroatoms. The molecule has 4 nitrogen and oxygen atoms in total. The average molecular weight is 228 g/mol. The maximum Gasteiger partial charge on any atom is 0.320 e. The van der Waals surface area contributed by atoms with E-state index in [4.69, 9.17) is 5.73 Å². The van der Waals surface area contributed by atoms with Crippen LogP contribution < -0.4 is 5.73 Å². The predicted molar refractivity (Wildman–Crippen MR) is 64.3 cm³/mol. The SMILES string of the molecule is CCCC(C(=O)O)N(C)C1CCCC1CN. The Morgan fingerprint density at radius 3 is 2.75 bits per heavy atom. The Bertz CT molecular complexity index is 233. The smallest absolute Gasteiger partial charge is 0.320 e. The Balaban J connectivity index is 2.65. The van der Waals surface area contributed by atoms with Crippen molar-refractivity contribution in [3.05, 3.63) is 0 Å². The van der Waals surface area contributed by atoms with Crippen molar-refractivity contribution >= 4 is 5.97 Å². The Kier molecular flexibility index (Phi) is 5.22. The van der Waals surface area contributed by atoms with Crippen LogP contribution in [0.4, 0.5) is 0 Å². The quantitative estimate of drug-likeness (QED) is 0.719. The van der Waals surface area contributed by atoms with Crippen LogP contribution in [-0.2, 0) is 4.79 Å². The monoisotopic (exact) mass is 228 g/mol. The van der Waals surface area contributed by atoms with Gasteiger partial charge in [-0.3, -0.25) is 9.69 Å². The van der Waals surface area contributed by atoms with Crippen LogP contribution in [0.5, 0.6) is 0 Å². The minimum atomic E-state index is -0.702. The number of nitrogens with two attached hydrogens (primary N) is 1. The van der Waals surface area contributed by atoms with E-state index < -0.39 is 5.97 Å². The lowest BCUT2D eigenvalue weighted by atomic mass is 10.00. The van der Waals surface area contributed by atoms with Crippen molar-refractivity contribution in [1.29, 1.82) is 0 Å². The van der Waals surface area contributed by atoms with Crippen LogP contribution in [-0.4, -0.2) is 41.7 Å². The first-order chi connectivity index (χ1) is 7.61. The summed E-state index contributed by atoms with van der Waals surface area (Å²) in [5, 5.41) is 9.22. The summed E-state index contributed by atoms with van der Waals surface area (Å²) in [5.41, 5.74) is 5.74. The van der Waals surface area contributed by atoms with Crippen LogP contribution in [0.1, 0.15) is 39.0 Å². The molecule has 0 aromatic heterocycles. The van der Waals surface area contributed by atoms with Crippen molar-refractivity contribution in [2.24, 2.45) is 11.7 Å². The third-order valence-corrected chi connectivity index (χ3v) is 3.78. The number of carbonyl (C=O) groups is 1. The Hall–Kier alpha value is -0.610. The molecule has 0 radical (unpaired) electrons. The fraction of sp³-hybridized carbons (Fsp3) is 0.917. The van der Waals surface area contributed by atoms with Crippen molar-refractivity contribution in [2.45, 2.75) is 51.1 Å². The van der Waals surface area contributed by atoms with E-state index in [2.05, 4.69) is 0 Å². The molecule has 1 fully saturated rings. The normalized spacial score (nSPS) is 27.2. The van der Waals surface area contributed by atoms with Crippen molar-refractivity contribution in [3.8, 4) is 0 Å². The van der Waals surface area contributed by atoms with Crippen molar-refractivity contribution in [1.82, 2.24) is 4.90 Å². The second-order valence-electron chi connectivity index (χ2n) is 4.80. The summed E-state index contributed by atoms with van der Waals surface area (Å²) >= 11 is 0. The minimum absolute atomic E-state index is 0.345. The van der Waals surface area contributed by atoms with Gasteiger partial charge in [0.1, 0.15) is 6.04 Å². The van der Waals surface area contributed by atoms with E-state index in [1.807, 2.05) is 18.9 Å². The van der Waals surface area contributed by atoms with Gasteiger partial charge in [-0.25, -0.2) is 0 Å². The molecule has 0 bridgehead atoms. The average Bonchev–Trinajstić information content (AvgIpc) is 2.72. The van der Waals surface area contributed by atoms with E-state index in [1.165, 1.54) is 6.42 Å². The molecule has 0 aliphatic heterocycles. The van der Waals surface area contributed by atoms with Crippen molar-refractivity contribution < 1.29 is 9.90 Å². The third kappa shape index (κ3) is 2.95. The van der Waals surface area contributed by atoms with Gasteiger partial charge in [-0.15, -0.1) is 0 Å². The largest absolute Gasteiger partial charge is 0.480 e. The van der Waals surface area contributed by atoms with Gasteiger partial charge in [0.15, 0.2) is 0 Å². The molecule has 0 spiro atoms. The zero-order valence-electron chi connectivity index (χ0n) is 10.4. The molecule has 3 unspecified atom stereocenters. The van der Waals surface area contributed by atoms with Gasteiger partial charge in [0.25, 0.3) is 0 Å². The van der Waals surface area contributed by atoms with Crippen LogP contribution in [0.3, 0.4) is 0 Å². The van der Waals surface area contributed by atoms with E-state index in [1.54, 1.807) is 0 Å². The van der Waals surface area contributed by atoms with E-state index in [9.17, 15) is 9.90 Å². The van der Waals surface area contributed by atoms with Gasteiger partial charge < -0.3 is 10.8 Å². The number of hydrogen-bond acceptors (Lipinski definition) is 3. The zero-order chi connectivity index (χ0) is 12.1. The Labute approximate surface area is 97.8 Å². The second kappa shape index (κ2) is 6.21. The highest BCUT2D eigenvalue weighted by atomic mass is 16.4. The van der Waals surface area contributed by atoms with Gasteiger partial charge in [0, 0.05) is 6.04 Å². The molecule has 3 N–H and O–H groups in total. The maximum atomic E-state index is 11.2. The van der Waals surface area contributed by atoms with Gasteiger partial charge in [-0.05, 0) is 38.8 Å². The summed E-state index contributed by atoms with van der Waals surface area (Å²) < 4.78 is 0. The Morgan fingerprint density at radius 2 is 2.25 bits per heavy atom. The number of nitrogens with zero attached hydrogens (tertiary/aromatic N) is 1. The molecule has 0 saturated heterocycles. The molecule has 1 aliphatic carbocycles. The van der Waals surface area contributed by atoms with E-state index >= 15 is 0 Å².